The zero-order valence-electron chi connectivity index (χ0n) is 9.90. The number of carbonyl (C=O) groups excluding carboxylic acids is 1. The second-order valence-corrected chi connectivity index (χ2v) is 4.23. The van der Waals surface area contributed by atoms with Gasteiger partial charge in [-0.2, -0.15) is 0 Å². The van der Waals surface area contributed by atoms with Crippen LogP contribution >= 0.6 is 0 Å². The molecular weight excluding hydrogens is 223 g/mol. The molecule has 1 aliphatic rings. The minimum atomic E-state index is -0.481. The summed E-state index contributed by atoms with van der Waals surface area (Å²) in [5, 5.41) is 0. The fourth-order valence-electron chi connectivity index (χ4n) is 2.02. The monoisotopic (exact) mass is 238 g/mol. The van der Waals surface area contributed by atoms with Gasteiger partial charge in [0.1, 0.15) is 11.6 Å². The van der Waals surface area contributed by atoms with Gasteiger partial charge in [0.15, 0.2) is 0 Å². The van der Waals surface area contributed by atoms with Gasteiger partial charge in [0.05, 0.1) is 20.1 Å². The highest BCUT2D eigenvalue weighted by Gasteiger charge is 2.39. The first kappa shape index (κ1) is 11.9. The normalized spacial score (nSPS) is 16.4. The Bertz CT molecular complexity index is 427. The molecular formula is C13H15FO3. The highest BCUT2D eigenvalue weighted by atomic mass is 19.1. The number of hydrogen-bond donors (Lipinski definition) is 0. The third kappa shape index (κ3) is 2.40. The molecule has 0 spiro atoms. The van der Waals surface area contributed by atoms with Gasteiger partial charge in [-0.3, -0.25) is 4.79 Å². The van der Waals surface area contributed by atoms with E-state index in [1.54, 1.807) is 12.1 Å². The number of hydrogen-bond acceptors (Lipinski definition) is 3. The molecule has 1 aromatic carbocycles. The van der Waals surface area contributed by atoms with Crippen molar-refractivity contribution in [3.8, 4) is 5.75 Å². The topological polar surface area (TPSA) is 35.5 Å². The largest absolute Gasteiger partial charge is 0.497 e. The number of halogens is 1. The summed E-state index contributed by atoms with van der Waals surface area (Å²) in [5.41, 5.74) is 0.403. The van der Waals surface area contributed by atoms with Gasteiger partial charge in [0.25, 0.3) is 0 Å². The number of carbonyl (C=O) groups is 1. The SMILES string of the molecule is COC(=O)C(c1ccc(OC)cc1F)C1CC1. The quantitative estimate of drug-likeness (QED) is 0.756. The van der Waals surface area contributed by atoms with Crippen molar-refractivity contribution in [3.63, 3.8) is 0 Å². The smallest absolute Gasteiger partial charge is 0.313 e. The lowest BCUT2D eigenvalue weighted by atomic mass is 9.93. The van der Waals surface area contributed by atoms with Crippen LogP contribution in [0.15, 0.2) is 18.2 Å². The van der Waals surface area contributed by atoms with Crippen LogP contribution in [0.5, 0.6) is 5.75 Å². The zero-order valence-corrected chi connectivity index (χ0v) is 9.90. The fraction of sp³-hybridized carbons (Fsp3) is 0.462. The molecule has 92 valence electrons. The van der Waals surface area contributed by atoms with E-state index in [1.807, 2.05) is 0 Å². The van der Waals surface area contributed by atoms with Crippen LogP contribution in [0.1, 0.15) is 24.3 Å². The van der Waals surface area contributed by atoms with E-state index in [-0.39, 0.29) is 11.9 Å². The Morgan fingerprint density at radius 3 is 2.59 bits per heavy atom. The van der Waals surface area contributed by atoms with Crippen molar-refractivity contribution in [1.82, 2.24) is 0 Å². The maximum atomic E-state index is 13.9. The molecule has 0 heterocycles. The molecule has 3 nitrogen and oxygen atoms in total. The van der Waals surface area contributed by atoms with E-state index < -0.39 is 11.7 Å². The molecule has 0 radical (unpaired) electrons. The minimum absolute atomic E-state index is 0.213. The van der Waals surface area contributed by atoms with Crippen molar-refractivity contribution >= 4 is 5.97 Å². The summed E-state index contributed by atoms with van der Waals surface area (Å²) in [4.78, 5) is 11.7. The Labute approximate surface area is 99.5 Å². The molecule has 0 saturated heterocycles. The standard InChI is InChI=1S/C13H15FO3/c1-16-9-5-6-10(11(14)7-9)12(8-3-4-8)13(15)17-2/h5-8,12H,3-4H2,1-2H3. The highest BCUT2D eigenvalue weighted by Crippen LogP contribution is 2.44. The lowest BCUT2D eigenvalue weighted by molar-refractivity contribution is -0.143. The van der Waals surface area contributed by atoms with Crippen LogP contribution in [0.2, 0.25) is 0 Å². The van der Waals surface area contributed by atoms with E-state index in [2.05, 4.69) is 0 Å². The first-order chi connectivity index (χ1) is 8.17. The first-order valence-electron chi connectivity index (χ1n) is 5.58. The molecule has 1 saturated carbocycles. The van der Waals surface area contributed by atoms with Crippen molar-refractivity contribution in [2.45, 2.75) is 18.8 Å². The van der Waals surface area contributed by atoms with Gasteiger partial charge >= 0.3 is 5.97 Å². The highest BCUT2D eigenvalue weighted by molar-refractivity contribution is 5.79. The van der Waals surface area contributed by atoms with Crippen molar-refractivity contribution in [2.75, 3.05) is 14.2 Å². The van der Waals surface area contributed by atoms with Gasteiger partial charge in [-0.25, -0.2) is 4.39 Å². The van der Waals surface area contributed by atoms with Crippen LogP contribution in [0.25, 0.3) is 0 Å². The van der Waals surface area contributed by atoms with Crippen molar-refractivity contribution in [3.05, 3.63) is 29.6 Å². The Balaban J connectivity index is 2.32. The van der Waals surface area contributed by atoms with Crippen LogP contribution in [-0.2, 0) is 9.53 Å². The lowest BCUT2D eigenvalue weighted by Crippen LogP contribution is -2.17. The number of ether oxygens (including phenoxy) is 2. The summed E-state index contributed by atoms with van der Waals surface area (Å²) in [6.45, 7) is 0. The zero-order chi connectivity index (χ0) is 12.4. The van der Waals surface area contributed by atoms with E-state index in [4.69, 9.17) is 9.47 Å². The summed E-state index contributed by atoms with van der Waals surface area (Å²) in [6.07, 6.45) is 1.90. The van der Waals surface area contributed by atoms with E-state index in [0.29, 0.717) is 11.3 Å². The van der Waals surface area contributed by atoms with E-state index in [0.717, 1.165) is 12.8 Å². The van der Waals surface area contributed by atoms with Gasteiger partial charge in [-0.15, -0.1) is 0 Å². The van der Waals surface area contributed by atoms with Crippen molar-refractivity contribution in [1.29, 1.82) is 0 Å². The van der Waals surface area contributed by atoms with E-state index in [1.165, 1.54) is 20.3 Å². The Kier molecular flexibility index (Phi) is 3.31. The predicted molar refractivity (Wildman–Crippen MR) is 60.4 cm³/mol. The molecule has 1 unspecified atom stereocenters. The molecule has 0 amide bonds. The summed E-state index contributed by atoms with van der Waals surface area (Å²) < 4.78 is 23.6. The van der Waals surface area contributed by atoms with Gasteiger partial charge in [0.2, 0.25) is 0 Å². The number of rotatable bonds is 4. The van der Waals surface area contributed by atoms with Gasteiger partial charge < -0.3 is 9.47 Å². The molecule has 2 rings (SSSR count). The molecule has 4 heteroatoms. The predicted octanol–water partition coefficient (Wildman–Crippen LogP) is 2.50. The molecule has 0 bridgehead atoms. The average molecular weight is 238 g/mol. The number of benzene rings is 1. The Morgan fingerprint density at radius 2 is 2.12 bits per heavy atom. The van der Waals surface area contributed by atoms with Crippen molar-refractivity contribution < 1.29 is 18.7 Å². The summed E-state index contributed by atoms with van der Waals surface area (Å²) in [6, 6.07) is 4.57. The summed E-state index contributed by atoms with van der Waals surface area (Å²) in [7, 11) is 2.81. The number of methoxy groups -OCH3 is 2. The lowest BCUT2D eigenvalue weighted by Gasteiger charge is -2.15. The third-order valence-corrected chi connectivity index (χ3v) is 3.09. The van der Waals surface area contributed by atoms with Crippen molar-refractivity contribution in [2.24, 2.45) is 5.92 Å². The molecule has 0 aliphatic heterocycles. The summed E-state index contributed by atoms with van der Waals surface area (Å²) in [5.74, 6) is -0.592. The van der Waals surface area contributed by atoms with E-state index in [9.17, 15) is 9.18 Å². The van der Waals surface area contributed by atoms with Crippen LogP contribution in [0.3, 0.4) is 0 Å². The summed E-state index contributed by atoms with van der Waals surface area (Å²) >= 11 is 0. The van der Waals surface area contributed by atoms with Gasteiger partial charge in [0, 0.05) is 11.6 Å². The first-order valence-corrected chi connectivity index (χ1v) is 5.58. The maximum absolute atomic E-state index is 13.9. The van der Waals surface area contributed by atoms with Crippen LogP contribution in [0.4, 0.5) is 4.39 Å². The second-order valence-electron chi connectivity index (χ2n) is 4.23. The van der Waals surface area contributed by atoms with Gasteiger partial charge in [-0.05, 0) is 24.8 Å². The van der Waals surface area contributed by atoms with Crippen LogP contribution < -0.4 is 4.74 Å². The molecule has 17 heavy (non-hydrogen) atoms. The Morgan fingerprint density at radius 1 is 1.41 bits per heavy atom. The molecule has 1 atom stereocenters. The van der Waals surface area contributed by atoms with E-state index >= 15 is 0 Å². The van der Waals surface area contributed by atoms with Crippen LogP contribution in [-0.4, -0.2) is 20.2 Å². The Hall–Kier alpha value is -1.58. The molecule has 1 aromatic rings. The number of esters is 1. The molecule has 0 N–H and O–H groups in total. The molecule has 0 aromatic heterocycles. The average Bonchev–Trinajstić information content (AvgIpc) is 3.15. The maximum Gasteiger partial charge on any atom is 0.313 e. The molecule has 1 fully saturated rings. The second kappa shape index (κ2) is 4.73. The molecule has 1 aliphatic carbocycles. The fourth-order valence-corrected chi connectivity index (χ4v) is 2.02. The minimum Gasteiger partial charge on any atom is -0.497 e. The third-order valence-electron chi connectivity index (χ3n) is 3.09. The van der Waals surface area contributed by atoms with Crippen LogP contribution in [0, 0.1) is 11.7 Å². The van der Waals surface area contributed by atoms with Gasteiger partial charge in [-0.1, -0.05) is 6.07 Å².